The molecule has 0 saturated carbocycles. The predicted octanol–water partition coefficient (Wildman–Crippen LogP) is 3.89. The molecule has 1 aromatic carbocycles. The Hall–Kier alpha value is -3.45. The molecular weight excluding hydrogens is 406 g/mol. The zero-order valence-electron chi connectivity index (χ0n) is 18.1. The van der Waals surface area contributed by atoms with E-state index in [0.717, 1.165) is 17.7 Å². The highest BCUT2D eigenvalue weighted by Gasteiger charge is 2.28. The lowest BCUT2D eigenvalue weighted by Gasteiger charge is -2.18. The van der Waals surface area contributed by atoms with Gasteiger partial charge in [0.15, 0.2) is 11.5 Å². The van der Waals surface area contributed by atoms with E-state index in [-0.39, 0.29) is 12.0 Å². The van der Waals surface area contributed by atoms with Gasteiger partial charge in [-0.2, -0.15) is 0 Å². The maximum Gasteiger partial charge on any atom is 0.254 e. The standard InChI is InChI=1S/C25H27N3O4/c1-2-30-24-14-20(8-9-23(24)32-17-19-6-5-11-26-15-19)25(29)28-13-10-22(16-28)31-18-21-7-3-4-12-27-21/h3-9,11-12,14-15,22H,2,10,13,16-18H2,1H3. The summed E-state index contributed by atoms with van der Waals surface area (Å²) in [5, 5.41) is 0. The maximum atomic E-state index is 13.1. The van der Waals surface area contributed by atoms with E-state index >= 15 is 0 Å². The first-order valence-electron chi connectivity index (χ1n) is 10.8. The van der Waals surface area contributed by atoms with Crippen LogP contribution in [0.1, 0.15) is 35.0 Å². The van der Waals surface area contributed by atoms with Crippen LogP contribution in [0.3, 0.4) is 0 Å². The van der Waals surface area contributed by atoms with Crippen LogP contribution >= 0.6 is 0 Å². The zero-order valence-corrected chi connectivity index (χ0v) is 18.1. The fourth-order valence-corrected chi connectivity index (χ4v) is 3.59. The van der Waals surface area contributed by atoms with Gasteiger partial charge in [-0.3, -0.25) is 14.8 Å². The van der Waals surface area contributed by atoms with Crippen molar-refractivity contribution in [1.29, 1.82) is 0 Å². The molecule has 0 spiro atoms. The van der Waals surface area contributed by atoms with Gasteiger partial charge in [0, 0.05) is 42.8 Å². The third-order valence-corrected chi connectivity index (χ3v) is 5.23. The summed E-state index contributed by atoms with van der Waals surface area (Å²) in [6.07, 6.45) is 6.06. The summed E-state index contributed by atoms with van der Waals surface area (Å²) in [5.74, 6) is 1.13. The number of hydrogen-bond donors (Lipinski definition) is 0. The minimum absolute atomic E-state index is 0.00871. The Balaban J connectivity index is 1.37. The second-order valence-corrected chi connectivity index (χ2v) is 7.54. The normalized spacial score (nSPS) is 15.5. The minimum atomic E-state index is -0.0336. The molecule has 1 saturated heterocycles. The summed E-state index contributed by atoms with van der Waals surface area (Å²) in [6, 6.07) is 14.9. The van der Waals surface area contributed by atoms with Crippen LogP contribution in [0.4, 0.5) is 0 Å². The Kier molecular flexibility index (Phi) is 7.30. The molecule has 0 N–H and O–H groups in total. The van der Waals surface area contributed by atoms with Crippen molar-refractivity contribution in [3.63, 3.8) is 0 Å². The molecule has 0 radical (unpaired) electrons. The van der Waals surface area contributed by atoms with Crippen LogP contribution in [0, 0.1) is 0 Å². The van der Waals surface area contributed by atoms with E-state index in [0.29, 0.717) is 50.0 Å². The van der Waals surface area contributed by atoms with Crippen molar-refractivity contribution in [3.8, 4) is 11.5 Å². The van der Waals surface area contributed by atoms with Gasteiger partial charge in [0.2, 0.25) is 0 Å². The molecule has 32 heavy (non-hydrogen) atoms. The van der Waals surface area contributed by atoms with Crippen LogP contribution in [0.15, 0.2) is 67.1 Å². The third kappa shape index (κ3) is 5.62. The van der Waals surface area contributed by atoms with Gasteiger partial charge in [-0.05, 0) is 49.7 Å². The number of benzene rings is 1. The molecule has 1 fully saturated rings. The number of ether oxygens (including phenoxy) is 3. The smallest absolute Gasteiger partial charge is 0.254 e. The van der Waals surface area contributed by atoms with Crippen LogP contribution < -0.4 is 9.47 Å². The summed E-state index contributed by atoms with van der Waals surface area (Å²) in [4.78, 5) is 23.3. The van der Waals surface area contributed by atoms with Crippen LogP contribution in [0.5, 0.6) is 11.5 Å². The molecule has 1 atom stereocenters. The topological polar surface area (TPSA) is 73.8 Å². The Morgan fingerprint density at radius 1 is 1.06 bits per heavy atom. The number of pyridine rings is 2. The van der Waals surface area contributed by atoms with Gasteiger partial charge in [0.1, 0.15) is 6.61 Å². The molecule has 3 heterocycles. The second kappa shape index (κ2) is 10.7. The Bertz CT molecular complexity index is 1010. The van der Waals surface area contributed by atoms with Crippen LogP contribution in [0.2, 0.25) is 0 Å². The van der Waals surface area contributed by atoms with E-state index < -0.39 is 0 Å². The lowest BCUT2D eigenvalue weighted by atomic mass is 10.1. The number of likely N-dealkylation sites (tertiary alicyclic amines) is 1. The lowest BCUT2D eigenvalue weighted by Crippen LogP contribution is -2.30. The quantitative estimate of drug-likeness (QED) is 0.510. The van der Waals surface area contributed by atoms with E-state index in [1.165, 1.54) is 0 Å². The first kappa shape index (κ1) is 21.8. The number of amides is 1. The molecule has 3 aromatic rings. The Morgan fingerprint density at radius 2 is 2.00 bits per heavy atom. The average Bonchev–Trinajstić information content (AvgIpc) is 3.32. The van der Waals surface area contributed by atoms with Crippen LogP contribution in [-0.4, -0.2) is 46.6 Å². The van der Waals surface area contributed by atoms with E-state index in [1.807, 2.05) is 42.2 Å². The molecule has 0 bridgehead atoms. The van der Waals surface area contributed by atoms with Crippen LogP contribution in [-0.2, 0) is 18.0 Å². The van der Waals surface area contributed by atoms with E-state index in [1.54, 1.807) is 36.8 Å². The molecule has 0 aliphatic carbocycles. The van der Waals surface area contributed by atoms with Crippen LogP contribution in [0.25, 0.3) is 0 Å². The molecule has 1 aliphatic rings. The molecule has 1 amide bonds. The third-order valence-electron chi connectivity index (χ3n) is 5.23. The second-order valence-electron chi connectivity index (χ2n) is 7.54. The molecule has 2 aromatic heterocycles. The van der Waals surface area contributed by atoms with Gasteiger partial charge in [0.05, 0.1) is 25.0 Å². The van der Waals surface area contributed by atoms with E-state index in [4.69, 9.17) is 14.2 Å². The summed E-state index contributed by atoms with van der Waals surface area (Å²) in [5.41, 5.74) is 2.43. The highest BCUT2D eigenvalue weighted by Crippen LogP contribution is 2.30. The van der Waals surface area contributed by atoms with Gasteiger partial charge in [-0.1, -0.05) is 12.1 Å². The first-order chi connectivity index (χ1) is 15.7. The van der Waals surface area contributed by atoms with Crippen molar-refractivity contribution < 1.29 is 19.0 Å². The monoisotopic (exact) mass is 433 g/mol. The van der Waals surface area contributed by atoms with E-state index in [9.17, 15) is 4.79 Å². The van der Waals surface area contributed by atoms with Gasteiger partial charge in [-0.25, -0.2) is 0 Å². The first-order valence-corrected chi connectivity index (χ1v) is 10.8. The molecule has 7 heteroatoms. The molecular formula is C25H27N3O4. The minimum Gasteiger partial charge on any atom is -0.490 e. The van der Waals surface area contributed by atoms with Crippen molar-refractivity contribution >= 4 is 5.91 Å². The number of carbonyl (C=O) groups is 1. The zero-order chi connectivity index (χ0) is 22.2. The average molecular weight is 434 g/mol. The molecule has 4 rings (SSSR count). The summed E-state index contributed by atoms with van der Waals surface area (Å²) >= 11 is 0. The largest absolute Gasteiger partial charge is 0.490 e. The maximum absolute atomic E-state index is 13.1. The Morgan fingerprint density at radius 3 is 2.78 bits per heavy atom. The molecule has 1 aliphatic heterocycles. The van der Waals surface area contributed by atoms with Crippen molar-refractivity contribution in [1.82, 2.24) is 14.9 Å². The van der Waals surface area contributed by atoms with Crippen molar-refractivity contribution in [2.24, 2.45) is 0 Å². The van der Waals surface area contributed by atoms with Gasteiger partial charge in [0.25, 0.3) is 5.91 Å². The number of rotatable bonds is 9. The Labute approximate surface area is 188 Å². The number of hydrogen-bond acceptors (Lipinski definition) is 6. The fourth-order valence-electron chi connectivity index (χ4n) is 3.59. The molecule has 7 nitrogen and oxygen atoms in total. The van der Waals surface area contributed by atoms with Crippen molar-refractivity contribution in [3.05, 3.63) is 83.9 Å². The fraction of sp³-hybridized carbons (Fsp3) is 0.320. The predicted molar refractivity (Wildman–Crippen MR) is 120 cm³/mol. The van der Waals surface area contributed by atoms with Gasteiger partial charge < -0.3 is 19.1 Å². The summed E-state index contributed by atoms with van der Waals surface area (Å²) in [6.45, 7) is 4.44. The molecule has 166 valence electrons. The van der Waals surface area contributed by atoms with Crippen molar-refractivity contribution in [2.45, 2.75) is 32.7 Å². The highest BCUT2D eigenvalue weighted by atomic mass is 16.5. The van der Waals surface area contributed by atoms with E-state index in [2.05, 4.69) is 9.97 Å². The molecule has 1 unspecified atom stereocenters. The highest BCUT2D eigenvalue weighted by molar-refractivity contribution is 5.95. The lowest BCUT2D eigenvalue weighted by molar-refractivity contribution is 0.0422. The number of carbonyl (C=O) groups excluding carboxylic acids is 1. The number of aromatic nitrogens is 2. The van der Waals surface area contributed by atoms with Gasteiger partial charge in [-0.15, -0.1) is 0 Å². The number of nitrogens with zero attached hydrogens (tertiary/aromatic N) is 3. The summed E-state index contributed by atoms with van der Waals surface area (Å²) < 4.78 is 17.6. The van der Waals surface area contributed by atoms with Crippen molar-refractivity contribution in [2.75, 3.05) is 19.7 Å². The van der Waals surface area contributed by atoms with Gasteiger partial charge >= 0.3 is 0 Å². The summed E-state index contributed by atoms with van der Waals surface area (Å²) in [7, 11) is 0. The SMILES string of the molecule is CCOc1cc(C(=O)N2CCC(OCc3ccccn3)C2)ccc1OCc1cccnc1.